The molecule has 10 nitrogen and oxygen atoms in total. The largest absolute Gasteiger partial charge is 0.469 e. The van der Waals surface area contributed by atoms with E-state index in [0.29, 0.717) is 16.5 Å². The molecule has 3 aromatic rings. The SMILES string of the molecule is COC(=O)Cc1ccc2c(c1)c(C(N)=O)nn2CC(=O)N(CC(=O)NCc1cccc(Cl)c1F)C1CC1. The predicted molar refractivity (Wildman–Crippen MR) is 132 cm³/mol. The molecule has 0 atom stereocenters. The molecule has 0 bridgehead atoms. The molecule has 3 amide bonds. The smallest absolute Gasteiger partial charge is 0.309 e. The van der Waals surface area contributed by atoms with E-state index in [1.165, 1.54) is 28.8 Å². The Kier molecular flexibility index (Phi) is 7.72. The molecule has 2 aromatic carbocycles. The van der Waals surface area contributed by atoms with Crippen LogP contribution in [0.4, 0.5) is 4.39 Å². The molecule has 194 valence electrons. The summed E-state index contributed by atoms with van der Waals surface area (Å²) in [6, 6.07) is 9.35. The van der Waals surface area contributed by atoms with Gasteiger partial charge in [-0.05, 0) is 36.6 Å². The van der Waals surface area contributed by atoms with Gasteiger partial charge in [0, 0.05) is 23.5 Å². The van der Waals surface area contributed by atoms with Gasteiger partial charge in [0.2, 0.25) is 11.8 Å². The maximum Gasteiger partial charge on any atom is 0.309 e. The molecule has 4 rings (SSSR count). The number of nitrogens with zero attached hydrogens (tertiary/aromatic N) is 3. The Labute approximate surface area is 216 Å². The predicted octanol–water partition coefficient (Wildman–Crippen LogP) is 1.95. The molecular weight excluding hydrogens is 505 g/mol. The summed E-state index contributed by atoms with van der Waals surface area (Å²) in [4.78, 5) is 50.9. The van der Waals surface area contributed by atoms with Gasteiger partial charge in [-0.25, -0.2) is 4.39 Å². The average Bonchev–Trinajstić information content (AvgIpc) is 3.65. The first-order chi connectivity index (χ1) is 17.7. The fraction of sp³-hybridized carbons (Fsp3) is 0.320. The number of hydrogen-bond acceptors (Lipinski definition) is 6. The van der Waals surface area contributed by atoms with Crippen LogP contribution in [0.25, 0.3) is 10.9 Å². The maximum atomic E-state index is 14.1. The quantitative estimate of drug-likeness (QED) is 0.385. The van der Waals surface area contributed by atoms with Crippen LogP contribution in [0.2, 0.25) is 5.02 Å². The number of primary amides is 1. The number of nitrogens with two attached hydrogens (primary N) is 1. The van der Waals surface area contributed by atoms with Gasteiger partial charge >= 0.3 is 5.97 Å². The lowest BCUT2D eigenvalue weighted by Crippen LogP contribution is -2.43. The van der Waals surface area contributed by atoms with Crippen LogP contribution in [0.1, 0.15) is 34.5 Å². The number of aromatic nitrogens is 2. The Morgan fingerprint density at radius 3 is 2.68 bits per heavy atom. The second kappa shape index (κ2) is 11.0. The van der Waals surface area contributed by atoms with Crippen molar-refractivity contribution in [2.75, 3.05) is 13.7 Å². The first kappa shape index (κ1) is 26.1. The zero-order valence-electron chi connectivity index (χ0n) is 20.0. The summed E-state index contributed by atoms with van der Waals surface area (Å²) in [5.41, 5.74) is 6.77. The highest BCUT2D eigenvalue weighted by molar-refractivity contribution is 6.30. The van der Waals surface area contributed by atoms with Gasteiger partial charge in [0.1, 0.15) is 12.4 Å². The van der Waals surface area contributed by atoms with Crippen molar-refractivity contribution in [1.82, 2.24) is 20.0 Å². The van der Waals surface area contributed by atoms with Crippen molar-refractivity contribution in [3.8, 4) is 0 Å². The molecule has 1 aliphatic rings. The zero-order valence-corrected chi connectivity index (χ0v) is 20.8. The van der Waals surface area contributed by atoms with Crippen molar-refractivity contribution in [3.05, 3.63) is 64.1 Å². The van der Waals surface area contributed by atoms with E-state index in [2.05, 4.69) is 15.2 Å². The highest BCUT2D eigenvalue weighted by Crippen LogP contribution is 2.28. The Hall–Kier alpha value is -3.99. The van der Waals surface area contributed by atoms with Crippen LogP contribution < -0.4 is 11.1 Å². The van der Waals surface area contributed by atoms with Gasteiger partial charge in [-0.3, -0.25) is 23.9 Å². The number of halogens is 2. The summed E-state index contributed by atoms with van der Waals surface area (Å²) in [6.07, 6.45) is 1.51. The number of hydrogen-bond donors (Lipinski definition) is 2. The van der Waals surface area contributed by atoms with Gasteiger partial charge in [0.15, 0.2) is 5.69 Å². The van der Waals surface area contributed by atoms with E-state index in [1.54, 1.807) is 24.3 Å². The minimum atomic E-state index is -0.780. The third-order valence-corrected chi connectivity index (χ3v) is 6.33. The highest BCUT2D eigenvalue weighted by Gasteiger charge is 2.34. The number of carbonyl (C=O) groups is 4. The van der Waals surface area contributed by atoms with Crippen molar-refractivity contribution in [3.63, 3.8) is 0 Å². The molecular formula is C25H25ClFN5O5. The lowest BCUT2D eigenvalue weighted by molar-refractivity contribution is -0.139. The Morgan fingerprint density at radius 2 is 2.00 bits per heavy atom. The van der Waals surface area contributed by atoms with Crippen molar-refractivity contribution >= 4 is 46.2 Å². The fourth-order valence-electron chi connectivity index (χ4n) is 3.99. The molecule has 0 unspecified atom stereocenters. The molecule has 1 aromatic heterocycles. The van der Waals surface area contributed by atoms with E-state index in [0.717, 1.165) is 12.8 Å². The van der Waals surface area contributed by atoms with Crippen molar-refractivity contribution in [2.24, 2.45) is 5.73 Å². The minimum Gasteiger partial charge on any atom is -0.469 e. The molecule has 12 heteroatoms. The summed E-state index contributed by atoms with van der Waals surface area (Å²) in [7, 11) is 1.28. The van der Waals surface area contributed by atoms with E-state index in [9.17, 15) is 23.6 Å². The van der Waals surface area contributed by atoms with Gasteiger partial charge in [0.25, 0.3) is 5.91 Å². The molecule has 1 aliphatic carbocycles. The first-order valence-electron chi connectivity index (χ1n) is 11.5. The number of ether oxygens (including phenoxy) is 1. The van der Waals surface area contributed by atoms with Gasteiger partial charge < -0.3 is 20.7 Å². The van der Waals surface area contributed by atoms with Crippen LogP contribution in [-0.4, -0.2) is 58.1 Å². The number of rotatable bonds is 10. The van der Waals surface area contributed by atoms with Crippen molar-refractivity contribution < 1.29 is 28.3 Å². The second-order valence-corrected chi connectivity index (χ2v) is 9.12. The monoisotopic (exact) mass is 529 g/mol. The number of carbonyl (C=O) groups excluding carboxylic acids is 4. The van der Waals surface area contributed by atoms with Gasteiger partial charge in [-0.1, -0.05) is 29.8 Å². The van der Waals surface area contributed by atoms with Crippen LogP contribution >= 0.6 is 11.6 Å². The molecule has 0 aliphatic heterocycles. The Bertz CT molecular complexity index is 1390. The molecule has 0 saturated heterocycles. The zero-order chi connectivity index (χ0) is 26.7. The lowest BCUT2D eigenvalue weighted by Gasteiger charge is -2.22. The molecule has 0 radical (unpaired) electrons. The van der Waals surface area contributed by atoms with Gasteiger partial charge in [-0.15, -0.1) is 0 Å². The van der Waals surface area contributed by atoms with E-state index in [4.69, 9.17) is 17.3 Å². The number of methoxy groups -OCH3 is 1. The lowest BCUT2D eigenvalue weighted by atomic mass is 10.1. The average molecular weight is 530 g/mol. The van der Waals surface area contributed by atoms with Crippen LogP contribution in [0.15, 0.2) is 36.4 Å². The van der Waals surface area contributed by atoms with E-state index in [1.807, 2.05) is 0 Å². The maximum absolute atomic E-state index is 14.1. The van der Waals surface area contributed by atoms with E-state index >= 15 is 0 Å². The first-order valence-corrected chi connectivity index (χ1v) is 11.9. The van der Waals surface area contributed by atoms with Crippen molar-refractivity contribution in [1.29, 1.82) is 0 Å². The van der Waals surface area contributed by atoms with Gasteiger partial charge in [-0.2, -0.15) is 5.10 Å². The molecule has 37 heavy (non-hydrogen) atoms. The van der Waals surface area contributed by atoms with Crippen molar-refractivity contribution in [2.45, 2.75) is 38.4 Å². The standard InChI is InChI=1S/C25H25ClFN5O5/c1-37-22(35)10-14-5-8-19-17(9-14)24(25(28)36)30-32(19)13-21(34)31(16-6-7-16)12-20(33)29-11-15-3-2-4-18(26)23(15)27/h2-5,8-9,16H,6-7,10-13H2,1H3,(H2,28,36)(H,29,33). The molecule has 1 fully saturated rings. The highest BCUT2D eigenvalue weighted by atomic mass is 35.5. The number of benzene rings is 2. The summed E-state index contributed by atoms with van der Waals surface area (Å²) < 4.78 is 20.1. The summed E-state index contributed by atoms with van der Waals surface area (Å²) in [5.74, 6) is -2.65. The summed E-state index contributed by atoms with van der Waals surface area (Å²) in [5, 5.41) is 7.21. The number of nitrogens with one attached hydrogen (secondary N) is 1. The van der Waals surface area contributed by atoms with Crippen LogP contribution in [0, 0.1) is 5.82 Å². The fourth-order valence-corrected chi connectivity index (χ4v) is 4.19. The minimum absolute atomic E-state index is 0.00158. The van der Waals surface area contributed by atoms with E-state index < -0.39 is 23.6 Å². The molecule has 1 saturated carbocycles. The molecule has 1 heterocycles. The summed E-state index contributed by atoms with van der Waals surface area (Å²) >= 11 is 5.78. The Morgan fingerprint density at radius 1 is 1.24 bits per heavy atom. The molecule has 3 N–H and O–H groups in total. The van der Waals surface area contributed by atoms with Crippen LogP contribution in [0.3, 0.4) is 0 Å². The van der Waals surface area contributed by atoms with Crippen LogP contribution in [-0.2, 0) is 38.6 Å². The number of amides is 3. The molecule has 0 spiro atoms. The topological polar surface area (TPSA) is 137 Å². The van der Waals surface area contributed by atoms with E-state index in [-0.39, 0.29) is 54.3 Å². The van der Waals surface area contributed by atoms with Gasteiger partial charge in [0.05, 0.1) is 30.6 Å². The third-order valence-electron chi connectivity index (χ3n) is 6.04. The third kappa shape index (κ3) is 6.05. The normalized spacial score (nSPS) is 12.8. The summed E-state index contributed by atoms with van der Waals surface area (Å²) in [6.45, 7) is -0.513. The van der Waals surface area contributed by atoms with Crippen LogP contribution in [0.5, 0.6) is 0 Å². The second-order valence-electron chi connectivity index (χ2n) is 8.72. The number of esters is 1. The number of fused-ring (bicyclic) bond motifs is 1. The Balaban J connectivity index is 1.48.